The minimum atomic E-state index is -0.468. The summed E-state index contributed by atoms with van der Waals surface area (Å²) in [7, 11) is 0. The van der Waals surface area contributed by atoms with Gasteiger partial charge in [0.05, 0.1) is 10.9 Å². The Morgan fingerprint density at radius 3 is 2.50 bits per heavy atom. The molecule has 22 heavy (non-hydrogen) atoms. The second kappa shape index (κ2) is 5.81. The number of nitrogens with one attached hydrogen (secondary N) is 1. The third-order valence-corrected chi connectivity index (χ3v) is 3.34. The maximum Gasteiger partial charge on any atom is 0.330 e. The summed E-state index contributed by atoms with van der Waals surface area (Å²) in [5.41, 5.74) is 0.930. The van der Waals surface area contributed by atoms with Gasteiger partial charge >= 0.3 is 6.03 Å². The molecule has 0 radical (unpaired) electrons. The third kappa shape index (κ3) is 2.37. The summed E-state index contributed by atoms with van der Waals surface area (Å²) in [5.74, 6) is 0.343. The van der Waals surface area contributed by atoms with Crippen LogP contribution in [0.15, 0.2) is 59.4 Å². The van der Waals surface area contributed by atoms with E-state index < -0.39 is 6.03 Å². The van der Waals surface area contributed by atoms with Crippen LogP contribution in [0.1, 0.15) is 6.92 Å². The summed E-state index contributed by atoms with van der Waals surface area (Å²) in [6.07, 6.45) is 0. The number of hydrogen-bond donors (Lipinski definition) is 1. The summed E-state index contributed by atoms with van der Waals surface area (Å²) < 4.78 is 1.10. The van der Waals surface area contributed by atoms with Gasteiger partial charge in [0, 0.05) is 12.1 Å². The molecule has 1 amide bonds. The van der Waals surface area contributed by atoms with Crippen molar-refractivity contribution < 1.29 is 4.79 Å². The first-order chi connectivity index (χ1) is 10.7. The number of amides is 1. The van der Waals surface area contributed by atoms with E-state index in [4.69, 9.17) is 0 Å². The van der Waals surface area contributed by atoms with Gasteiger partial charge < -0.3 is 5.32 Å². The van der Waals surface area contributed by atoms with Crippen molar-refractivity contribution >= 4 is 16.9 Å². The minimum absolute atomic E-state index is 0.343. The van der Waals surface area contributed by atoms with E-state index in [1.807, 2.05) is 36.4 Å². The van der Waals surface area contributed by atoms with E-state index in [0.29, 0.717) is 23.3 Å². The number of hydrogen-bond acceptors (Lipinski definition) is 3. The molecule has 0 spiro atoms. The Hall–Kier alpha value is -2.95. The molecule has 1 N–H and O–H groups in total. The number of benzene rings is 2. The number of nitrogens with zero attached hydrogens (tertiary/aromatic N) is 2. The van der Waals surface area contributed by atoms with E-state index in [-0.39, 0.29) is 5.56 Å². The van der Waals surface area contributed by atoms with Crippen molar-refractivity contribution in [1.29, 1.82) is 0 Å². The van der Waals surface area contributed by atoms with E-state index >= 15 is 0 Å². The first-order valence-corrected chi connectivity index (χ1v) is 7.07. The van der Waals surface area contributed by atoms with E-state index in [1.165, 1.54) is 0 Å². The predicted octanol–water partition coefficient (Wildman–Crippen LogP) is 2.64. The fourth-order valence-electron chi connectivity index (χ4n) is 2.33. The molecule has 0 unspecified atom stereocenters. The SMILES string of the molecule is CCNC(=O)n1c(-c2ccccc2)nc2ccccc2c1=O. The van der Waals surface area contributed by atoms with E-state index in [1.54, 1.807) is 25.1 Å². The number of aromatic nitrogens is 2. The van der Waals surface area contributed by atoms with E-state index in [2.05, 4.69) is 10.3 Å². The van der Waals surface area contributed by atoms with Crippen LogP contribution in [0.25, 0.3) is 22.3 Å². The van der Waals surface area contributed by atoms with Gasteiger partial charge in [-0.3, -0.25) is 4.79 Å². The third-order valence-electron chi connectivity index (χ3n) is 3.34. The zero-order valence-electron chi connectivity index (χ0n) is 12.1. The van der Waals surface area contributed by atoms with Crippen LogP contribution < -0.4 is 10.9 Å². The maximum atomic E-state index is 12.7. The molecule has 0 atom stereocenters. The standard InChI is InChI=1S/C17H15N3O2/c1-2-18-17(22)20-15(12-8-4-3-5-9-12)19-14-11-7-6-10-13(14)16(20)21/h3-11H,2H2,1H3,(H,18,22). The van der Waals surface area contributed by atoms with Crippen molar-refractivity contribution in [3.63, 3.8) is 0 Å². The molecule has 0 bridgehead atoms. The molecular formula is C17H15N3O2. The monoisotopic (exact) mass is 293 g/mol. The molecular weight excluding hydrogens is 278 g/mol. The normalized spacial score (nSPS) is 10.6. The Labute approximate surface area is 127 Å². The van der Waals surface area contributed by atoms with Gasteiger partial charge in [0.25, 0.3) is 5.56 Å². The fourth-order valence-corrected chi connectivity index (χ4v) is 2.33. The molecule has 1 aromatic heterocycles. The number of carbonyl (C=O) groups excluding carboxylic acids is 1. The second-order valence-electron chi connectivity index (χ2n) is 4.79. The zero-order chi connectivity index (χ0) is 15.5. The molecule has 5 nitrogen and oxygen atoms in total. The predicted molar refractivity (Wildman–Crippen MR) is 85.9 cm³/mol. The van der Waals surface area contributed by atoms with Crippen LogP contribution in [-0.2, 0) is 0 Å². The Morgan fingerprint density at radius 2 is 1.77 bits per heavy atom. The minimum Gasteiger partial charge on any atom is -0.338 e. The molecule has 1 heterocycles. The summed E-state index contributed by atoms with van der Waals surface area (Å²) in [6.45, 7) is 2.24. The Morgan fingerprint density at radius 1 is 1.09 bits per heavy atom. The smallest absolute Gasteiger partial charge is 0.330 e. The lowest BCUT2D eigenvalue weighted by Crippen LogP contribution is -2.37. The number of rotatable bonds is 2. The van der Waals surface area contributed by atoms with Gasteiger partial charge in [-0.2, -0.15) is 0 Å². The van der Waals surface area contributed by atoms with Crippen LogP contribution in [-0.4, -0.2) is 22.1 Å². The highest BCUT2D eigenvalue weighted by atomic mass is 16.2. The van der Waals surface area contributed by atoms with Crippen molar-refractivity contribution in [1.82, 2.24) is 14.9 Å². The topological polar surface area (TPSA) is 64.0 Å². The van der Waals surface area contributed by atoms with Gasteiger partial charge in [-0.1, -0.05) is 42.5 Å². The van der Waals surface area contributed by atoms with E-state index in [9.17, 15) is 9.59 Å². The van der Waals surface area contributed by atoms with Crippen LogP contribution in [0.2, 0.25) is 0 Å². The fraction of sp³-hybridized carbons (Fsp3) is 0.118. The molecule has 0 aliphatic heterocycles. The van der Waals surface area contributed by atoms with Crippen LogP contribution >= 0.6 is 0 Å². The summed E-state index contributed by atoms with van der Waals surface area (Å²) >= 11 is 0. The molecule has 5 heteroatoms. The summed E-state index contributed by atoms with van der Waals surface area (Å²) in [4.78, 5) is 29.5. The van der Waals surface area contributed by atoms with Gasteiger partial charge in [-0.05, 0) is 19.1 Å². The van der Waals surface area contributed by atoms with Gasteiger partial charge in [-0.15, -0.1) is 0 Å². The average molecular weight is 293 g/mol. The van der Waals surface area contributed by atoms with Crippen molar-refractivity contribution in [3.05, 3.63) is 65.0 Å². The molecule has 0 saturated carbocycles. The molecule has 0 fully saturated rings. The van der Waals surface area contributed by atoms with Crippen LogP contribution in [0.5, 0.6) is 0 Å². The Bertz CT molecular complexity index is 885. The largest absolute Gasteiger partial charge is 0.338 e. The van der Waals surface area contributed by atoms with Gasteiger partial charge in [0.1, 0.15) is 0 Å². The summed E-state index contributed by atoms with van der Waals surface area (Å²) in [6, 6.07) is 15.8. The van der Waals surface area contributed by atoms with Gasteiger partial charge in [0.15, 0.2) is 5.82 Å². The lowest BCUT2D eigenvalue weighted by molar-refractivity contribution is 0.242. The lowest BCUT2D eigenvalue weighted by Gasteiger charge is -2.12. The molecule has 110 valence electrons. The Kier molecular flexibility index (Phi) is 3.70. The number of carbonyl (C=O) groups is 1. The molecule has 3 aromatic rings. The van der Waals surface area contributed by atoms with Gasteiger partial charge in [-0.25, -0.2) is 14.3 Å². The van der Waals surface area contributed by atoms with E-state index in [0.717, 1.165) is 10.1 Å². The zero-order valence-corrected chi connectivity index (χ0v) is 12.1. The number of fused-ring (bicyclic) bond motifs is 1. The van der Waals surface area contributed by atoms with Crippen molar-refractivity contribution in [2.24, 2.45) is 0 Å². The molecule has 3 rings (SSSR count). The maximum absolute atomic E-state index is 12.7. The lowest BCUT2D eigenvalue weighted by atomic mass is 10.2. The van der Waals surface area contributed by atoms with Crippen LogP contribution in [0.4, 0.5) is 4.79 Å². The average Bonchev–Trinajstić information content (AvgIpc) is 2.55. The highest BCUT2D eigenvalue weighted by Gasteiger charge is 2.17. The first-order valence-electron chi connectivity index (χ1n) is 7.07. The Balaban J connectivity index is 2.36. The van der Waals surface area contributed by atoms with Gasteiger partial charge in [0.2, 0.25) is 0 Å². The highest BCUT2D eigenvalue weighted by Crippen LogP contribution is 2.18. The van der Waals surface area contributed by atoms with Crippen molar-refractivity contribution in [2.75, 3.05) is 6.54 Å². The molecule has 0 saturated heterocycles. The van der Waals surface area contributed by atoms with Crippen molar-refractivity contribution in [3.8, 4) is 11.4 Å². The quantitative estimate of drug-likeness (QED) is 0.790. The molecule has 0 aliphatic carbocycles. The summed E-state index contributed by atoms with van der Waals surface area (Å²) in [5, 5.41) is 3.09. The molecule has 0 aliphatic rings. The highest BCUT2D eigenvalue weighted by molar-refractivity contribution is 5.87. The second-order valence-corrected chi connectivity index (χ2v) is 4.79. The van der Waals surface area contributed by atoms with Crippen LogP contribution in [0.3, 0.4) is 0 Å². The van der Waals surface area contributed by atoms with Crippen LogP contribution in [0, 0.1) is 0 Å². The molecule has 2 aromatic carbocycles. The first kappa shape index (κ1) is 14.0. The number of para-hydroxylation sites is 1. The van der Waals surface area contributed by atoms with Crippen molar-refractivity contribution in [2.45, 2.75) is 6.92 Å².